The molecule has 3 aliphatic heterocycles. The average molecular weight is 706 g/mol. The maximum Gasteiger partial charge on any atom is 0.407 e. The van der Waals surface area contributed by atoms with E-state index in [0.717, 1.165) is 70.5 Å². The first-order valence-electron chi connectivity index (χ1n) is 17.8. The molecule has 1 aliphatic carbocycles. The van der Waals surface area contributed by atoms with Crippen LogP contribution in [-0.4, -0.2) is 94.4 Å². The second kappa shape index (κ2) is 15.1. The van der Waals surface area contributed by atoms with Crippen molar-refractivity contribution < 1.29 is 27.1 Å². The zero-order valence-corrected chi connectivity index (χ0v) is 29.6. The molecule has 2 aromatic rings. The number of alkyl carbamates (subject to hydrolysis) is 1. The molecule has 4 atom stereocenters. The molecule has 6 rings (SSSR count). The van der Waals surface area contributed by atoms with Crippen LogP contribution in [0.25, 0.3) is 0 Å². The van der Waals surface area contributed by atoms with Crippen LogP contribution < -0.4 is 10.2 Å². The summed E-state index contributed by atoms with van der Waals surface area (Å²) < 4.78 is 46.3. The first kappa shape index (κ1) is 35.9. The highest BCUT2D eigenvalue weighted by Crippen LogP contribution is 2.50. The first-order chi connectivity index (χ1) is 24.1. The van der Waals surface area contributed by atoms with E-state index in [0.29, 0.717) is 30.9 Å². The summed E-state index contributed by atoms with van der Waals surface area (Å²) in [6.07, 6.45) is 5.93. The molecule has 0 radical (unpaired) electrons. The Morgan fingerprint density at radius 3 is 2.44 bits per heavy atom. The van der Waals surface area contributed by atoms with Gasteiger partial charge in [0.1, 0.15) is 5.82 Å². The Labute approximate surface area is 295 Å². The van der Waals surface area contributed by atoms with Gasteiger partial charge in [0, 0.05) is 56.3 Å². The molecule has 1 unspecified atom stereocenters. The molecule has 12 heteroatoms. The number of ether oxygens (including phenoxy) is 1. The van der Waals surface area contributed by atoms with Gasteiger partial charge in [-0.3, -0.25) is 4.79 Å². The zero-order chi connectivity index (χ0) is 35.5. The third-order valence-electron chi connectivity index (χ3n) is 11.6. The van der Waals surface area contributed by atoms with Gasteiger partial charge in [0.15, 0.2) is 9.84 Å². The van der Waals surface area contributed by atoms with Gasteiger partial charge in [0.2, 0.25) is 5.91 Å². The molecule has 1 N–H and O–H groups in total. The van der Waals surface area contributed by atoms with Crippen molar-refractivity contribution in [1.29, 1.82) is 5.26 Å². The quantitative estimate of drug-likeness (QED) is 0.346. The van der Waals surface area contributed by atoms with Gasteiger partial charge in [-0.05, 0) is 106 Å². The monoisotopic (exact) mass is 705 g/mol. The molecule has 1 saturated carbocycles. The molecule has 2 amide bonds. The number of nitrogens with zero attached hydrogens (tertiary/aromatic N) is 4. The van der Waals surface area contributed by atoms with Crippen molar-refractivity contribution in [2.45, 2.75) is 66.5 Å². The summed E-state index contributed by atoms with van der Waals surface area (Å²) >= 11 is 0. The van der Waals surface area contributed by atoms with E-state index >= 15 is 0 Å². The summed E-state index contributed by atoms with van der Waals surface area (Å²) in [6.45, 7) is 8.64. The van der Waals surface area contributed by atoms with Crippen molar-refractivity contribution in [1.82, 2.24) is 15.1 Å². The van der Waals surface area contributed by atoms with Crippen molar-refractivity contribution in [3.63, 3.8) is 0 Å². The lowest BCUT2D eigenvalue weighted by molar-refractivity contribution is -0.126. The standard InChI is InChI=1S/C38H48FN5O5S/c1-3-36(45)43-18-6-9-33(25-43)50(47,48)32-14-12-31(13-15-32)44-23-27(24-44)22-42-19-16-28(17-20-42)38(26-40,29-7-4-8-30(39)21-29)34-10-5-11-35(34)41-37(46)49-2/h3-4,7-8,12-15,21,27-28,33-35H,1,5-6,9-11,16-20,22-25H2,2H3,(H,41,46)/t33-,34+,35+,38?/m1/s1. The van der Waals surface area contributed by atoms with Gasteiger partial charge in [-0.1, -0.05) is 25.1 Å². The van der Waals surface area contributed by atoms with E-state index in [2.05, 4.69) is 27.8 Å². The molecule has 10 nitrogen and oxygen atoms in total. The first-order valence-corrected chi connectivity index (χ1v) is 19.4. The third kappa shape index (κ3) is 7.12. The van der Waals surface area contributed by atoms with Gasteiger partial charge in [-0.2, -0.15) is 5.26 Å². The van der Waals surface area contributed by atoms with E-state index in [1.807, 2.05) is 18.2 Å². The van der Waals surface area contributed by atoms with Crippen LogP contribution in [0.4, 0.5) is 14.9 Å². The highest BCUT2D eigenvalue weighted by molar-refractivity contribution is 7.92. The van der Waals surface area contributed by atoms with E-state index in [1.165, 1.54) is 25.3 Å². The van der Waals surface area contributed by atoms with Crippen molar-refractivity contribution in [2.24, 2.45) is 17.8 Å². The van der Waals surface area contributed by atoms with E-state index in [-0.39, 0.29) is 41.0 Å². The summed E-state index contributed by atoms with van der Waals surface area (Å²) in [4.78, 5) is 30.9. The van der Waals surface area contributed by atoms with E-state index in [1.54, 1.807) is 23.1 Å². The highest BCUT2D eigenvalue weighted by atomic mass is 32.2. The molecule has 268 valence electrons. The fourth-order valence-corrected chi connectivity index (χ4v) is 10.8. The number of piperidine rings is 2. The fourth-order valence-electron chi connectivity index (χ4n) is 9.02. The summed E-state index contributed by atoms with van der Waals surface area (Å²) in [5, 5.41) is 13.3. The predicted octanol–water partition coefficient (Wildman–Crippen LogP) is 4.91. The number of nitrogens with one attached hydrogen (secondary N) is 1. The van der Waals surface area contributed by atoms with E-state index in [9.17, 15) is 27.7 Å². The largest absolute Gasteiger partial charge is 0.453 e. The third-order valence-corrected chi connectivity index (χ3v) is 13.8. The second-order valence-corrected chi connectivity index (χ2v) is 16.6. The Hall–Kier alpha value is -3.95. The Balaban J connectivity index is 1.05. The summed E-state index contributed by atoms with van der Waals surface area (Å²) in [7, 11) is -2.23. The Bertz CT molecular complexity index is 1700. The number of likely N-dealkylation sites (tertiary alicyclic amines) is 2. The number of amides is 2. The summed E-state index contributed by atoms with van der Waals surface area (Å²) in [6, 6.07) is 16.1. The van der Waals surface area contributed by atoms with Crippen molar-refractivity contribution >= 4 is 27.5 Å². The molecule has 0 spiro atoms. The number of halogens is 1. The van der Waals surface area contributed by atoms with Crippen LogP contribution in [0.2, 0.25) is 0 Å². The predicted molar refractivity (Wildman–Crippen MR) is 189 cm³/mol. The fraction of sp³-hybridized carbons (Fsp3) is 0.553. The molecule has 3 saturated heterocycles. The molecule has 0 aromatic heterocycles. The normalized spacial score (nSPS) is 24.9. The second-order valence-electron chi connectivity index (χ2n) is 14.4. The van der Waals surface area contributed by atoms with E-state index < -0.39 is 26.6 Å². The summed E-state index contributed by atoms with van der Waals surface area (Å²) in [5.74, 6) is -0.257. The molecule has 4 fully saturated rings. The number of carbonyl (C=O) groups is 2. The minimum Gasteiger partial charge on any atom is -0.453 e. The van der Waals surface area contributed by atoms with Gasteiger partial charge >= 0.3 is 6.09 Å². The van der Waals surface area contributed by atoms with Crippen LogP contribution in [0.15, 0.2) is 66.1 Å². The molecule has 3 heterocycles. The lowest BCUT2D eigenvalue weighted by Gasteiger charge is -2.48. The van der Waals surface area contributed by atoms with Crippen LogP contribution in [-0.2, 0) is 24.8 Å². The molecular weight excluding hydrogens is 658 g/mol. The van der Waals surface area contributed by atoms with Crippen LogP contribution >= 0.6 is 0 Å². The topological polar surface area (TPSA) is 123 Å². The number of methoxy groups -OCH3 is 1. The number of benzene rings is 2. The zero-order valence-electron chi connectivity index (χ0n) is 28.8. The highest BCUT2D eigenvalue weighted by Gasteiger charge is 2.53. The molecule has 50 heavy (non-hydrogen) atoms. The molecular formula is C38H48FN5O5S. The Kier molecular flexibility index (Phi) is 10.8. The maximum atomic E-state index is 14.6. The van der Waals surface area contributed by atoms with Gasteiger partial charge in [0.05, 0.1) is 28.7 Å². The molecule has 4 aliphatic rings. The van der Waals surface area contributed by atoms with E-state index in [4.69, 9.17) is 4.74 Å². The number of carbonyl (C=O) groups excluding carboxylic acids is 2. The maximum absolute atomic E-state index is 14.6. The SMILES string of the molecule is C=CC(=O)N1CCC[C@@H](S(=O)(=O)c2ccc(N3CC(CN4CCC(C(C#N)(c5cccc(F)c5)[C@H]5CCC[C@@H]5NC(=O)OC)CC4)C3)cc2)C1. The number of rotatable bonds is 10. The molecule has 0 bridgehead atoms. The number of anilines is 1. The summed E-state index contributed by atoms with van der Waals surface area (Å²) in [5.41, 5.74) is 0.758. The van der Waals surface area contributed by atoms with Gasteiger partial charge in [-0.15, -0.1) is 0 Å². The van der Waals surface area contributed by atoms with Crippen molar-refractivity contribution in [3.05, 3.63) is 72.6 Å². The number of hydrogen-bond donors (Lipinski definition) is 1. The van der Waals surface area contributed by atoms with Gasteiger partial charge in [-0.25, -0.2) is 17.6 Å². The Morgan fingerprint density at radius 1 is 1.04 bits per heavy atom. The number of nitriles is 1. The number of hydrogen-bond acceptors (Lipinski definition) is 8. The number of sulfone groups is 1. The molecule has 2 aromatic carbocycles. The Morgan fingerprint density at radius 2 is 1.78 bits per heavy atom. The van der Waals surface area contributed by atoms with Crippen LogP contribution in [0.5, 0.6) is 0 Å². The average Bonchev–Trinajstić information content (AvgIpc) is 3.58. The van der Waals surface area contributed by atoms with Crippen molar-refractivity contribution in [2.75, 3.05) is 57.8 Å². The smallest absolute Gasteiger partial charge is 0.407 e. The minimum absolute atomic E-state index is 0.0161. The van der Waals surface area contributed by atoms with Crippen molar-refractivity contribution in [3.8, 4) is 6.07 Å². The van der Waals surface area contributed by atoms with Gasteiger partial charge in [0.25, 0.3) is 0 Å². The van der Waals surface area contributed by atoms with Crippen LogP contribution in [0.3, 0.4) is 0 Å². The minimum atomic E-state index is -3.57. The lowest BCUT2D eigenvalue weighted by atomic mass is 9.59. The van der Waals surface area contributed by atoms with Gasteiger partial charge < -0.3 is 24.8 Å². The van der Waals surface area contributed by atoms with Crippen LogP contribution in [0.1, 0.15) is 50.5 Å². The lowest BCUT2D eigenvalue weighted by Crippen LogP contribution is -2.55. The van der Waals surface area contributed by atoms with Crippen LogP contribution in [0, 0.1) is 34.9 Å².